The van der Waals surface area contributed by atoms with Crippen molar-refractivity contribution in [1.82, 2.24) is 9.78 Å². The maximum absolute atomic E-state index is 13.0. The Morgan fingerprint density at radius 2 is 2.05 bits per heavy atom. The number of nitrogens with zero attached hydrogens (tertiary/aromatic N) is 2. The van der Waals surface area contributed by atoms with Gasteiger partial charge in [-0.1, -0.05) is 6.07 Å². The molecular formula is C14H14F2N4O2. The fourth-order valence-corrected chi connectivity index (χ4v) is 1.98. The number of amides is 2. The lowest BCUT2D eigenvalue weighted by Crippen LogP contribution is -2.17. The largest absolute Gasteiger partial charge is 0.366 e. The van der Waals surface area contributed by atoms with E-state index in [0.717, 1.165) is 10.9 Å². The second-order valence-electron chi connectivity index (χ2n) is 4.72. The third-order valence-corrected chi connectivity index (χ3v) is 3.21. The van der Waals surface area contributed by atoms with Crippen LogP contribution in [0.4, 0.5) is 14.5 Å². The number of nitrogens with two attached hydrogens (primary N) is 1. The lowest BCUT2D eigenvalue weighted by atomic mass is 10.1. The third kappa shape index (κ3) is 2.95. The number of carbonyl (C=O) groups is 2. The van der Waals surface area contributed by atoms with Gasteiger partial charge >= 0.3 is 0 Å². The van der Waals surface area contributed by atoms with E-state index in [4.69, 9.17) is 5.73 Å². The first-order valence-electron chi connectivity index (χ1n) is 6.33. The number of carbonyl (C=O) groups excluding carboxylic acids is 2. The van der Waals surface area contributed by atoms with Crippen molar-refractivity contribution in [3.8, 4) is 0 Å². The number of anilines is 1. The number of halogens is 2. The van der Waals surface area contributed by atoms with E-state index < -0.39 is 23.9 Å². The van der Waals surface area contributed by atoms with Crippen LogP contribution in [0.15, 0.2) is 24.4 Å². The van der Waals surface area contributed by atoms with Crippen molar-refractivity contribution >= 4 is 17.5 Å². The molecule has 1 heterocycles. The molecule has 6 nitrogen and oxygen atoms in total. The second-order valence-corrected chi connectivity index (χ2v) is 4.72. The van der Waals surface area contributed by atoms with Crippen LogP contribution in [-0.4, -0.2) is 21.6 Å². The van der Waals surface area contributed by atoms with Crippen molar-refractivity contribution in [2.75, 3.05) is 5.32 Å². The molecule has 22 heavy (non-hydrogen) atoms. The molecule has 2 amide bonds. The van der Waals surface area contributed by atoms with Gasteiger partial charge in [-0.05, 0) is 24.6 Å². The number of rotatable bonds is 4. The minimum atomic E-state index is -2.83. The number of benzene rings is 1. The van der Waals surface area contributed by atoms with E-state index in [1.165, 1.54) is 19.2 Å². The van der Waals surface area contributed by atoms with E-state index in [0.29, 0.717) is 11.3 Å². The highest BCUT2D eigenvalue weighted by atomic mass is 19.3. The maximum atomic E-state index is 13.0. The molecule has 8 heteroatoms. The Labute approximate surface area is 124 Å². The van der Waals surface area contributed by atoms with Gasteiger partial charge in [-0.25, -0.2) is 8.78 Å². The van der Waals surface area contributed by atoms with Gasteiger partial charge in [0.2, 0.25) is 5.91 Å². The van der Waals surface area contributed by atoms with E-state index in [1.807, 2.05) is 0 Å². The van der Waals surface area contributed by atoms with E-state index in [2.05, 4.69) is 10.4 Å². The fraction of sp³-hybridized carbons (Fsp3) is 0.214. The molecule has 0 unspecified atom stereocenters. The zero-order valence-electron chi connectivity index (χ0n) is 11.9. The highest BCUT2D eigenvalue weighted by molar-refractivity contribution is 6.06. The van der Waals surface area contributed by atoms with Crippen LogP contribution >= 0.6 is 0 Å². The van der Waals surface area contributed by atoms with Gasteiger partial charge < -0.3 is 11.1 Å². The Balaban J connectivity index is 2.34. The van der Waals surface area contributed by atoms with Crippen LogP contribution in [-0.2, 0) is 7.05 Å². The Morgan fingerprint density at radius 1 is 1.36 bits per heavy atom. The zero-order chi connectivity index (χ0) is 16.4. The van der Waals surface area contributed by atoms with Gasteiger partial charge in [-0.3, -0.25) is 14.3 Å². The van der Waals surface area contributed by atoms with E-state index in [9.17, 15) is 18.4 Å². The maximum Gasteiger partial charge on any atom is 0.280 e. The Hall–Kier alpha value is -2.77. The van der Waals surface area contributed by atoms with Crippen LogP contribution in [0, 0.1) is 6.92 Å². The molecular weight excluding hydrogens is 294 g/mol. The van der Waals surface area contributed by atoms with Crippen molar-refractivity contribution in [2.45, 2.75) is 13.3 Å². The molecule has 1 aromatic carbocycles. The van der Waals surface area contributed by atoms with Gasteiger partial charge in [0.15, 0.2) is 0 Å². The molecule has 0 atom stereocenters. The predicted molar refractivity (Wildman–Crippen MR) is 75.8 cm³/mol. The monoisotopic (exact) mass is 308 g/mol. The minimum absolute atomic E-state index is 0.209. The first-order valence-corrected chi connectivity index (χ1v) is 6.33. The molecule has 0 aliphatic rings. The van der Waals surface area contributed by atoms with Gasteiger partial charge in [0.05, 0.1) is 11.8 Å². The summed E-state index contributed by atoms with van der Waals surface area (Å²) in [4.78, 5) is 23.3. The van der Waals surface area contributed by atoms with Crippen LogP contribution in [0.2, 0.25) is 0 Å². The molecule has 2 rings (SSSR count). The van der Waals surface area contributed by atoms with Crippen molar-refractivity contribution < 1.29 is 18.4 Å². The summed E-state index contributed by atoms with van der Waals surface area (Å²) in [6.45, 7) is 1.71. The number of alkyl halides is 2. The number of aryl methyl sites for hydroxylation is 2. The number of hydrogen-bond donors (Lipinski definition) is 2. The number of hydrogen-bond acceptors (Lipinski definition) is 3. The highest BCUT2D eigenvalue weighted by Crippen LogP contribution is 2.24. The van der Waals surface area contributed by atoms with Gasteiger partial charge in [0, 0.05) is 18.3 Å². The quantitative estimate of drug-likeness (QED) is 0.905. The minimum Gasteiger partial charge on any atom is -0.366 e. The molecule has 0 aliphatic heterocycles. The summed E-state index contributed by atoms with van der Waals surface area (Å²) < 4.78 is 26.9. The van der Waals surface area contributed by atoms with Crippen LogP contribution < -0.4 is 11.1 Å². The summed E-state index contributed by atoms with van der Waals surface area (Å²) in [6, 6.07) is 4.52. The molecule has 0 bridgehead atoms. The van der Waals surface area contributed by atoms with Gasteiger partial charge in [0.25, 0.3) is 12.3 Å². The zero-order valence-corrected chi connectivity index (χ0v) is 11.9. The highest BCUT2D eigenvalue weighted by Gasteiger charge is 2.23. The van der Waals surface area contributed by atoms with Crippen LogP contribution in [0.5, 0.6) is 0 Å². The summed E-state index contributed by atoms with van der Waals surface area (Å²) in [5.74, 6) is -1.38. The van der Waals surface area contributed by atoms with Crippen molar-refractivity contribution in [3.63, 3.8) is 0 Å². The smallest absolute Gasteiger partial charge is 0.280 e. The normalized spacial score (nSPS) is 10.8. The molecule has 3 N–H and O–H groups in total. The average molecular weight is 308 g/mol. The lowest BCUT2D eigenvalue weighted by molar-refractivity contribution is 0.0993. The summed E-state index contributed by atoms with van der Waals surface area (Å²) in [5.41, 5.74) is 5.69. The number of aromatic nitrogens is 2. The summed E-state index contributed by atoms with van der Waals surface area (Å²) in [7, 11) is 1.33. The number of nitrogens with one attached hydrogen (secondary N) is 1. The summed E-state index contributed by atoms with van der Waals surface area (Å²) >= 11 is 0. The summed E-state index contributed by atoms with van der Waals surface area (Å²) in [5, 5.41) is 6.17. The fourth-order valence-electron chi connectivity index (χ4n) is 1.98. The molecule has 116 valence electrons. The van der Waals surface area contributed by atoms with Gasteiger partial charge in [0.1, 0.15) is 5.69 Å². The Morgan fingerprint density at radius 3 is 2.64 bits per heavy atom. The molecule has 0 spiro atoms. The Kier molecular flexibility index (Phi) is 4.20. The predicted octanol–water partition coefficient (Wildman–Crippen LogP) is 2.02. The molecule has 0 radical (unpaired) electrons. The molecule has 0 fully saturated rings. The standard InChI is InChI=1S/C14H14F2N4O2/c1-7-3-4-8(13(17)21)5-10(7)19-14(22)9-6-18-20(2)11(9)12(15)16/h3-6,12H,1-2H3,(H2,17,21)(H,19,22). The van der Waals surface area contributed by atoms with E-state index in [1.54, 1.807) is 13.0 Å². The molecule has 0 saturated carbocycles. The topological polar surface area (TPSA) is 90.0 Å². The Bertz CT molecular complexity index is 740. The average Bonchev–Trinajstić information content (AvgIpc) is 2.83. The molecule has 1 aromatic heterocycles. The van der Waals surface area contributed by atoms with E-state index >= 15 is 0 Å². The second kappa shape index (κ2) is 5.92. The van der Waals surface area contributed by atoms with E-state index in [-0.39, 0.29) is 11.1 Å². The van der Waals surface area contributed by atoms with Crippen LogP contribution in [0.1, 0.15) is 38.4 Å². The van der Waals surface area contributed by atoms with Gasteiger partial charge in [-0.2, -0.15) is 5.10 Å². The number of primary amides is 1. The van der Waals surface area contributed by atoms with Crippen LogP contribution in [0.3, 0.4) is 0 Å². The third-order valence-electron chi connectivity index (χ3n) is 3.21. The first kappa shape index (κ1) is 15.6. The summed E-state index contributed by atoms with van der Waals surface area (Å²) in [6.07, 6.45) is -1.75. The van der Waals surface area contributed by atoms with Crippen molar-refractivity contribution in [2.24, 2.45) is 12.8 Å². The van der Waals surface area contributed by atoms with Crippen molar-refractivity contribution in [1.29, 1.82) is 0 Å². The van der Waals surface area contributed by atoms with Crippen molar-refractivity contribution in [3.05, 3.63) is 46.8 Å². The lowest BCUT2D eigenvalue weighted by Gasteiger charge is -2.10. The first-order chi connectivity index (χ1) is 10.3. The molecule has 2 aromatic rings. The molecule has 0 saturated heterocycles. The molecule has 0 aliphatic carbocycles. The SMILES string of the molecule is Cc1ccc(C(N)=O)cc1NC(=O)c1cnn(C)c1C(F)F. The van der Waals surface area contributed by atoms with Gasteiger partial charge in [-0.15, -0.1) is 0 Å². The van der Waals surface area contributed by atoms with Crippen LogP contribution in [0.25, 0.3) is 0 Å².